The van der Waals surface area contributed by atoms with E-state index in [1.807, 2.05) is 6.07 Å². The third-order valence-electron chi connectivity index (χ3n) is 3.36. The molecule has 1 aliphatic carbocycles. The third kappa shape index (κ3) is 1.48. The van der Waals surface area contributed by atoms with Crippen LogP contribution in [-0.4, -0.2) is 19.1 Å². The van der Waals surface area contributed by atoms with Crippen LogP contribution in [0.5, 0.6) is 0 Å². The molecule has 84 valence electrons. The molecule has 1 saturated heterocycles. The number of fused-ring (bicyclic) bond motifs is 2. The summed E-state index contributed by atoms with van der Waals surface area (Å²) in [5, 5.41) is 3.09. The van der Waals surface area contributed by atoms with Crippen LogP contribution in [0, 0.1) is 0 Å². The van der Waals surface area contributed by atoms with E-state index < -0.39 is 0 Å². The molecule has 1 aromatic carbocycles. The highest BCUT2D eigenvalue weighted by Crippen LogP contribution is 2.39. The number of morpholine rings is 1. The Morgan fingerprint density at radius 3 is 3.12 bits per heavy atom. The fraction of sp³-hybridized carbons (Fsp3) is 0.417. The van der Waals surface area contributed by atoms with Crippen LogP contribution in [0.2, 0.25) is 0 Å². The van der Waals surface area contributed by atoms with E-state index in [0.29, 0.717) is 6.61 Å². The van der Waals surface area contributed by atoms with Gasteiger partial charge in [0.05, 0.1) is 12.1 Å². The van der Waals surface area contributed by atoms with Crippen molar-refractivity contribution in [1.29, 1.82) is 0 Å². The number of nitrogens with one attached hydrogen (secondary N) is 1. The Hall–Kier alpha value is -0.870. The molecule has 1 spiro atoms. The summed E-state index contributed by atoms with van der Waals surface area (Å²) in [5.41, 5.74) is 2.25. The van der Waals surface area contributed by atoms with Crippen molar-refractivity contribution < 1.29 is 9.53 Å². The molecule has 1 amide bonds. The summed E-state index contributed by atoms with van der Waals surface area (Å²) in [5.74, 6) is -0.0120. The van der Waals surface area contributed by atoms with E-state index in [-0.39, 0.29) is 18.1 Å². The van der Waals surface area contributed by atoms with E-state index in [1.54, 1.807) is 0 Å². The van der Waals surface area contributed by atoms with Crippen molar-refractivity contribution in [2.75, 3.05) is 13.2 Å². The molecule has 4 heteroatoms. The van der Waals surface area contributed by atoms with E-state index in [2.05, 4.69) is 33.4 Å². The van der Waals surface area contributed by atoms with Crippen molar-refractivity contribution in [1.82, 2.24) is 5.32 Å². The number of rotatable bonds is 0. The molecule has 0 radical (unpaired) electrons. The van der Waals surface area contributed by atoms with Gasteiger partial charge in [-0.3, -0.25) is 4.79 Å². The first-order valence-electron chi connectivity index (χ1n) is 5.37. The van der Waals surface area contributed by atoms with Crippen molar-refractivity contribution in [2.24, 2.45) is 0 Å². The number of benzene rings is 1. The molecule has 1 heterocycles. The van der Waals surface area contributed by atoms with Crippen LogP contribution in [0.3, 0.4) is 0 Å². The lowest BCUT2D eigenvalue weighted by atomic mass is 9.92. The van der Waals surface area contributed by atoms with Gasteiger partial charge in [-0.15, -0.1) is 0 Å². The van der Waals surface area contributed by atoms with E-state index in [0.717, 1.165) is 17.3 Å². The molecule has 0 aromatic heterocycles. The van der Waals surface area contributed by atoms with Crippen LogP contribution in [0.4, 0.5) is 0 Å². The Labute approximate surface area is 102 Å². The summed E-state index contributed by atoms with van der Waals surface area (Å²) < 4.78 is 6.47. The molecule has 1 fully saturated rings. The monoisotopic (exact) mass is 281 g/mol. The second-order valence-corrected chi connectivity index (χ2v) is 5.34. The minimum absolute atomic E-state index is 0.0120. The van der Waals surface area contributed by atoms with Gasteiger partial charge >= 0.3 is 0 Å². The van der Waals surface area contributed by atoms with Crippen LogP contribution >= 0.6 is 15.9 Å². The lowest BCUT2D eigenvalue weighted by Crippen LogP contribution is -2.53. The average molecular weight is 282 g/mol. The normalized spacial score (nSPS) is 27.9. The highest BCUT2D eigenvalue weighted by Gasteiger charge is 2.42. The first kappa shape index (κ1) is 10.3. The highest BCUT2D eigenvalue weighted by atomic mass is 79.9. The lowest BCUT2D eigenvalue weighted by Gasteiger charge is -2.35. The van der Waals surface area contributed by atoms with E-state index in [9.17, 15) is 4.79 Å². The molecule has 1 atom stereocenters. The third-order valence-corrected chi connectivity index (χ3v) is 3.86. The van der Waals surface area contributed by atoms with E-state index in [1.165, 1.54) is 11.1 Å². The summed E-state index contributed by atoms with van der Waals surface area (Å²) in [4.78, 5) is 11.5. The standard InChI is InChI=1S/C12H12BrNO2/c13-9-1-2-10-8(5-9)3-4-12(10)7-16-6-11(15)14-12/h1-2,5H,3-4,6-7H2,(H,14,15). The second kappa shape index (κ2) is 3.57. The van der Waals surface area contributed by atoms with Crippen molar-refractivity contribution >= 4 is 21.8 Å². The smallest absolute Gasteiger partial charge is 0.246 e. The minimum Gasteiger partial charge on any atom is -0.369 e. The maximum absolute atomic E-state index is 11.5. The van der Waals surface area contributed by atoms with Gasteiger partial charge < -0.3 is 10.1 Å². The number of aryl methyl sites for hydroxylation is 1. The van der Waals surface area contributed by atoms with Gasteiger partial charge in [-0.25, -0.2) is 0 Å². The first-order valence-corrected chi connectivity index (χ1v) is 6.17. The predicted molar refractivity (Wildman–Crippen MR) is 63.1 cm³/mol. The van der Waals surface area contributed by atoms with Crippen LogP contribution in [0.25, 0.3) is 0 Å². The Morgan fingerprint density at radius 1 is 1.44 bits per heavy atom. The summed E-state index contributed by atoms with van der Waals surface area (Å²) >= 11 is 3.47. The average Bonchev–Trinajstić information content (AvgIpc) is 2.57. The van der Waals surface area contributed by atoms with Gasteiger partial charge in [-0.05, 0) is 36.1 Å². The van der Waals surface area contributed by atoms with Crippen LogP contribution in [-0.2, 0) is 21.5 Å². The Bertz CT molecular complexity index is 460. The number of amides is 1. The largest absolute Gasteiger partial charge is 0.369 e. The van der Waals surface area contributed by atoms with Crippen molar-refractivity contribution in [3.8, 4) is 0 Å². The van der Waals surface area contributed by atoms with Gasteiger partial charge in [0.15, 0.2) is 0 Å². The zero-order valence-corrected chi connectivity index (χ0v) is 10.3. The van der Waals surface area contributed by atoms with Crippen molar-refractivity contribution in [2.45, 2.75) is 18.4 Å². The molecular formula is C12H12BrNO2. The van der Waals surface area contributed by atoms with Gasteiger partial charge in [-0.1, -0.05) is 22.0 Å². The number of hydrogen-bond donors (Lipinski definition) is 1. The van der Waals surface area contributed by atoms with Crippen LogP contribution in [0.15, 0.2) is 22.7 Å². The fourth-order valence-electron chi connectivity index (χ4n) is 2.66. The zero-order chi connectivity index (χ0) is 11.2. The quantitative estimate of drug-likeness (QED) is 0.787. The number of carbonyl (C=O) groups excluding carboxylic acids is 1. The SMILES string of the molecule is O=C1COCC2(CCc3cc(Br)ccc32)N1. The Balaban J connectivity index is 2.04. The van der Waals surface area contributed by atoms with Gasteiger partial charge in [-0.2, -0.15) is 0 Å². The number of hydrogen-bond acceptors (Lipinski definition) is 2. The first-order chi connectivity index (χ1) is 7.70. The zero-order valence-electron chi connectivity index (χ0n) is 8.75. The molecule has 1 aliphatic heterocycles. The maximum Gasteiger partial charge on any atom is 0.246 e. The summed E-state index contributed by atoms with van der Waals surface area (Å²) in [6, 6.07) is 6.24. The minimum atomic E-state index is -0.272. The van der Waals surface area contributed by atoms with Gasteiger partial charge in [0.1, 0.15) is 6.61 Å². The molecule has 1 aromatic rings. The number of carbonyl (C=O) groups is 1. The van der Waals surface area contributed by atoms with Gasteiger partial charge in [0.25, 0.3) is 0 Å². The Kier molecular flexibility index (Phi) is 2.30. The lowest BCUT2D eigenvalue weighted by molar-refractivity contribution is -0.135. The molecule has 0 bridgehead atoms. The maximum atomic E-state index is 11.5. The van der Waals surface area contributed by atoms with Crippen LogP contribution in [0.1, 0.15) is 17.5 Å². The second-order valence-electron chi connectivity index (χ2n) is 4.42. The summed E-state index contributed by atoms with van der Waals surface area (Å²) in [6.07, 6.45) is 1.93. The molecule has 16 heavy (non-hydrogen) atoms. The molecule has 0 saturated carbocycles. The molecule has 1 unspecified atom stereocenters. The summed E-state index contributed by atoms with van der Waals surface area (Å²) in [6.45, 7) is 0.779. The van der Waals surface area contributed by atoms with Crippen molar-refractivity contribution in [3.63, 3.8) is 0 Å². The van der Waals surface area contributed by atoms with Crippen LogP contribution < -0.4 is 5.32 Å². The molecule has 3 nitrogen and oxygen atoms in total. The topological polar surface area (TPSA) is 38.3 Å². The Morgan fingerprint density at radius 2 is 2.31 bits per heavy atom. The number of ether oxygens (including phenoxy) is 1. The van der Waals surface area contributed by atoms with Gasteiger partial charge in [0, 0.05) is 4.47 Å². The molecular weight excluding hydrogens is 270 g/mol. The van der Waals surface area contributed by atoms with E-state index >= 15 is 0 Å². The molecule has 2 aliphatic rings. The highest BCUT2D eigenvalue weighted by molar-refractivity contribution is 9.10. The number of halogens is 1. The fourth-order valence-corrected chi connectivity index (χ4v) is 3.06. The summed E-state index contributed by atoms with van der Waals surface area (Å²) in [7, 11) is 0. The predicted octanol–water partition coefficient (Wildman–Crippen LogP) is 1.74. The van der Waals surface area contributed by atoms with E-state index in [4.69, 9.17) is 4.74 Å². The molecule has 3 rings (SSSR count). The molecule has 1 N–H and O–H groups in total. The van der Waals surface area contributed by atoms with Gasteiger partial charge in [0.2, 0.25) is 5.91 Å². The van der Waals surface area contributed by atoms with Crippen molar-refractivity contribution in [3.05, 3.63) is 33.8 Å².